The summed E-state index contributed by atoms with van der Waals surface area (Å²) in [7, 11) is 0. The van der Waals surface area contributed by atoms with Crippen LogP contribution in [0.2, 0.25) is 0 Å². The average molecular weight is 239 g/mol. The summed E-state index contributed by atoms with van der Waals surface area (Å²) in [5.74, 6) is 0. The van der Waals surface area contributed by atoms with E-state index in [1.807, 2.05) is 13.8 Å². The second-order valence-corrected chi connectivity index (χ2v) is 3.84. The van der Waals surface area contributed by atoms with E-state index in [0.717, 1.165) is 38.4 Å². The van der Waals surface area contributed by atoms with Gasteiger partial charge in [-0.2, -0.15) is 5.10 Å². The number of rotatable bonds is 8. The lowest BCUT2D eigenvalue weighted by Crippen LogP contribution is -2.29. The van der Waals surface area contributed by atoms with Crippen molar-refractivity contribution in [2.45, 2.75) is 26.8 Å². The van der Waals surface area contributed by atoms with E-state index < -0.39 is 0 Å². The van der Waals surface area contributed by atoms with Crippen molar-refractivity contribution < 1.29 is 4.74 Å². The van der Waals surface area contributed by atoms with Gasteiger partial charge < -0.3 is 10.1 Å². The SMILES string of the molecule is CCOCCCNCCn1nc(C)ccc1=O. The Morgan fingerprint density at radius 1 is 1.41 bits per heavy atom. The van der Waals surface area contributed by atoms with Gasteiger partial charge in [0.25, 0.3) is 5.56 Å². The maximum atomic E-state index is 11.4. The van der Waals surface area contributed by atoms with Gasteiger partial charge in [0.2, 0.25) is 0 Å². The smallest absolute Gasteiger partial charge is 0.266 e. The van der Waals surface area contributed by atoms with E-state index in [0.29, 0.717) is 6.54 Å². The fourth-order valence-electron chi connectivity index (χ4n) is 1.46. The first-order valence-electron chi connectivity index (χ1n) is 6.07. The second-order valence-electron chi connectivity index (χ2n) is 3.84. The summed E-state index contributed by atoms with van der Waals surface area (Å²) in [6.07, 6.45) is 0.990. The number of aryl methyl sites for hydroxylation is 1. The van der Waals surface area contributed by atoms with Gasteiger partial charge in [-0.05, 0) is 32.9 Å². The summed E-state index contributed by atoms with van der Waals surface area (Å²) >= 11 is 0. The summed E-state index contributed by atoms with van der Waals surface area (Å²) in [5, 5.41) is 7.42. The van der Waals surface area contributed by atoms with Crippen LogP contribution >= 0.6 is 0 Å². The minimum absolute atomic E-state index is 0.0493. The standard InChI is InChI=1S/C12H21N3O2/c1-3-17-10-4-7-13-8-9-15-12(16)6-5-11(2)14-15/h5-6,13H,3-4,7-10H2,1-2H3. The molecule has 1 aromatic heterocycles. The zero-order valence-corrected chi connectivity index (χ0v) is 10.6. The number of nitrogens with one attached hydrogen (secondary N) is 1. The van der Waals surface area contributed by atoms with E-state index in [1.165, 1.54) is 4.68 Å². The number of ether oxygens (including phenoxy) is 1. The van der Waals surface area contributed by atoms with Crippen LogP contribution in [0.3, 0.4) is 0 Å². The van der Waals surface area contributed by atoms with E-state index >= 15 is 0 Å². The van der Waals surface area contributed by atoms with Gasteiger partial charge >= 0.3 is 0 Å². The van der Waals surface area contributed by atoms with Crippen molar-refractivity contribution in [1.82, 2.24) is 15.1 Å². The molecular weight excluding hydrogens is 218 g/mol. The van der Waals surface area contributed by atoms with Gasteiger partial charge in [-0.15, -0.1) is 0 Å². The molecule has 0 unspecified atom stereocenters. The molecule has 5 heteroatoms. The first-order chi connectivity index (χ1) is 8.24. The molecule has 1 N–H and O–H groups in total. The van der Waals surface area contributed by atoms with Crippen LogP contribution in [-0.2, 0) is 11.3 Å². The van der Waals surface area contributed by atoms with Crippen molar-refractivity contribution >= 4 is 0 Å². The van der Waals surface area contributed by atoms with Crippen molar-refractivity contribution in [2.75, 3.05) is 26.3 Å². The number of hydrogen-bond donors (Lipinski definition) is 1. The Balaban J connectivity index is 2.18. The number of nitrogens with zero attached hydrogens (tertiary/aromatic N) is 2. The third-order valence-electron chi connectivity index (χ3n) is 2.35. The van der Waals surface area contributed by atoms with Crippen molar-refractivity contribution in [1.29, 1.82) is 0 Å². The van der Waals surface area contributed by atoms with E-state index in [4.69, 9.17) is 4.74 Å². The fourth-order valence-corrected chi connectivity index (χ4v) is 1.46. The first-order valence-corrected chi connectivity index (χ1v) is 6.07. The van der Waals surface area contributed by atoms with Crippen LogP contribution in [0.4, 0.5) is 0 Å². The molecule has 0 fully saturated rings. The molecule has 0 bridgehead atoms. The summed E-state index contributed by atoms with van der Waals surface area (Å²) in [6, 6.07) is 3.28. The highest BCUT2D eigenvalue weighted by Crippen LogP contribution is 1.85. The van der Waals surface area contributed by atoms with Crippen molar-refractivity contribution in [3.05, 3.63) is 28.2 Å². The van der Waals surface area contributed by atoms with Gasteiger partial charge in [-0.1, -0.05) is 0 Å². The molecule has 0 saturated heterocycles. The van der Waals surface area contributed by atoms with Crippen molar-refractivity contribution in [3.63, 3.8) is 0 Å². The van der Waals surface area contributed by atoms with Crippen molar-refractivity contribution in [2.24, 2.45) is 0 Å². The minimum Gasteiger partial charge on any atom is -0.382 e. The van der Waals surface area contributed by atoms with E-state index in [9.17, 15) is 4.79 Å². The van der Waals surface area contributed by atoms with Crippen molar-refractivity contribution in [3.8, 4) is 0 Å². The lowest BCUT2D eigenvalue weighted by molar-refractivity contribution is 0.144. The third-order valence-corrected chi connectivity index (χ3v) is 2.35. The molecule has 0 spiro atoms. The zero-order chi connectivity index (χ0) is 12.5. The molecule has 0 amide bonds. The fraction of sp³-hybridized carbons (Fsp3) is 0.667. The quantitative estimate of drug-likeness (QED) is 0.674. The van der Waals surface area contributed by atoms with Gasteiger partial charge in [-0.3, -0.25) is 4.79 Å². The predicted octanol–water partition coefficient (Wildman–Crippen LogP) is 0.568. The van der Waals surface area contributed by atoms with Crippen LogP contribution in [0, 0.1) is 6.92 Å². The molecular formula is C12H21N3O2. The normalized spacial score (nSPS) is 10.7. The first kappa shape index (κ1) is 13.9. The highest BCUT2D eigenvalue weighted by atomic mass is 16.5. The number of hydrogen-bond acceptors (Lipinski definition) is 4. The van der Waals surface area contributed by atoms with E-state index in [2.05, 4.69) is 10.4 Å². The second kappa shape index (κ2) is 7.97. The monoisotopic (exact) mass is 239 g/mol. The molecule has 0 aliphatic heterocycles. The summed E-state index contributed by atoms with van der Waals surface area (Å²) in [5.41, 5.74) is 0.813. The molecule has 0 aliphatic rings. The Morgan fingerprint density at radius 3 is 3.00 bits per heavy atom. The molecule has 0 aliphatic carbocycles. The van der Waals surface area contributed by atoms with Gasteiger partial charge in [0, 0.05) is 25.8 Å². The summed E-state index contributed by atoms with van der Waals surface area (Å²) in [6.45, 7) is 7.68. The summed E-state index contributed by atoms with van der Waals surface area (Å²) < 4.78 is 6.72. The lowest BCUT2D eigenvalue weighted by Gasteiger charge is -2.07. The van der Waals surface area contributed by atoms with Gasteiger partial charge in [0.15, 0.2) is 0 Å². The zero-order valence-electron chi connectivity index (χ0n) is 10.6. The Bertz CT molecular complexity index is 376. The van der Waals surface area contributed by atoms with Crippen LogP contribution in [0.1, 0.15) is 19.0 Å². The van der Waals surface area contributed by atoms with Gasteiger partial charge in [-0.25, -0.2) is 4.68 Å². The van der Waals surface area contributed by atoms with Crippen LogP contribution in [0.25, 0.3) is 0 Å². The van der Waals surface area contributed by atoms with Crippen LogP contribution < -0.4 is 10.9 Å². The molecule has 0 aromatic carbocycles. The molecule has 1 heterocycles. The summed E-state index contributed by atoms with van der Waals surface area (Å²) in [4.78, 5) is 11.4. The molecule has 96 valence electrons. The third kappa shape index (κ3) is 5.60. The molecule has 0 radical (unpaired) electrons. The Labute approximate surface area is 102 Å². The van der Waals surface area contributed by atoms with E-state index in [1.54, 1.807) is 12.1 Å². The Morgan fingerprint density at radius 2 is 2.24 bits per heavy atom. The molecule has 17 heavy (non-hydrogen) atoms. The minimum atomic E-state index is -0.0493. The van der Waals surface area contributed by atoms with Gasteiger partial charge in [0.05, 0.1) is 12.2 Å². The Hall–Kier alpha value is -1.20. The average Bonchev–Trinajstić information content (AvgIpc) is 2.32. The maximum absolute atomic E-state index is 11.4. The Kier molecular flexibility index (Phi) is 6.50. The maximum Gasteiger partial charge on any atom is 0.266 e. The van der Waals surface area contributed by atoms with Crippen LogP contribution in [-0.4, -0.2) is 36.1 Å². The molecule has 5 nitrogen and oxygen atoms in total. The highest BCUT2D eigenvalue weighted by molar-refractivity contribution is 4.96. The predicted molar refractivity (Wildman–Crippen MR) is 67.2 cm³/mol. The van der Waals surface area contributed by atoms with Crippen LogP contribution in [0.15, 0.2) is 16.9 Å². The molecule has 1 rings (SSSR count). The lowest BCUT2D eigenvalue weighted by atomic mass is 10.4. The highest BCUT2D eigenvalue weighted by Gasteiger charge is 1.97. The van der Waals surface area contributed by atoms with Gasteiger partial charge in [0.1, 0.15) is 0 Å². The van der Waals surface area contributed by atoms with Crippen LogP contribution in [0.5, 0.6) is 0 Å². The topological polar surface area (TPSA) is 56.1 Å². The number of aromatic nitrogens is 2. The van der Waals surface area contributed by atoms with E-state index in [-0.39, 0.29) is 5.56 Å². The molecule has 0 saturated carbocycles. The molecule has 0 atom stereocenters. The molecule has 1 aromatic rings. The largest absolute Gasteiger partial charge is 0.382 e.